The molecule has 4 unspecified atom stereocenters. The Morgan fingerprint density at radius 1 is 1.12 bits per heavy atom. The van der Waals surface area contributed by atoms with Crippen LogP contribution < -0.4 is 11.3 Å². The van der Waals surface area contributed by atoms with Crippen LogP contribution in [0.1, 0.15) is 0 Å². The van der Waals surface area contributed by atoms with Gasteiger partial charge in [-0.3, -0.25) is 23.5 Å². The van der Waals surface area contributed by atoms with Gasteiger partial charge in [0.25, 0.3) is 16.4 Å². The summed E-state index contributed by atoms with van der Waals surface area (Å²) < 4.78 is 29.7. The number of anilines is 1. The van der Waals surface area contributed by atoms with Crippen molar-refractivity contribution in [2.75, 3.05) is 18.9 Å². The molecule has 1 fully saturated rings. The molecular weight excluding hydrogens is 596 g/mol. The molecule has 0 spiro atoms. The Morgan fingerprint density at radius 3 is 2.15 bits per heavy atom. The van der Waals surface area contributed by atoms with Crippen LogP contribution in [0.5, 0.6) is 0 Å². The van der Waals surface area contributed by atoms with Crippen molar-refractivity contribution in [3.63, 3.8) is 0 Å². The molecule has 1 aliphatic heterocycles. The van der Waals surface area contributed by atoms with Crippen LogP contribution in [-0.2, 0) is 24.1 Å². The van der Waals surface area contributed by atoms with E-state index in [1.165, 1.54) is 0 Å². The number of aromatic nitrogens is 4. The molecule has 1 saturated heterocycles. The first-order chi connectivity index (χ1) is 18.3. The summed E-state index contributed by atoms with van der Waals surface area (Å²) in [6.07, 6.45) is -11.0. The molecule has 24 heteroatoms. The zero-order chi connectivity index (χ0) is 31.0. The van der Waals surface area contributed by atoms with Crippen molar-refractivity contribution in [1.82, 2.24) is 19.5 Å². The van der Waals surface area contributed by atoms with Gasteiger partial charge in [0.1, 0.15) is 43.0 Å². The van der Waals surface area contributed by atoms with E-state index in [9.17, 15) is 53.6 Å². The molecule has 22 nitrogen and oxygen atoms in total. The average molecular weight is 623 g/mol. The second-order valence-corrected chi connectivity index (χ2v) is 11.8. The number of ether oxygens (including phenoxy) is 1. The number of aliphatic hydroxyl groups is 8. The summed E-state index contributed by atoms with van der Waals surface area (Å²) in [5.41, 5.74) is -0.587. The number of aromatic amines is 1. The molecule has 40 heavy (non-hydrogen) atoms. The van der Waals surface area contributed by atoms with Gasteiger partial charge in [-0.15, -0.1) is 0 Å². The van der Waals surface area contributed by atoms with E-state index in [-0.39, 0.29) is 10.9 Å². The molecular formula is C16H27N5O17P2. The zero-order valence-electron chi connectivity index (χ0n) is 19.8. The number of nitrogen functional groups attached to an aromatic ring is 1. The highest BCUT2D eigenvalue weighted by Crippen LogP contribution is 2.74. The monoisotopic (exact) mass is 623 g/mol. The summed E-state index contributed by atoms with van der Waals surface area (Å²) >= 11 is 0. The molecule has 0 bridgehead atoms. The molecule has 0 amide bonds. The highest BCUT2D eigenvalue weighted by atomic mass is 31.2. The lowest BCUT2D eigenvalue weighted by Gasteiger charge is -2.41. The second-order valence-electron chi connectivity index (χ2n) is 8.30. The standard InChI is InChI=1S/C10H15N5O11P2.C6H12O6/c11-8-13-6-4(7(18)14-8)12-2-15(6)10(28(23,24)25)9(19,27(20,21)22)5(17)3(1-16)26-10;7-1-3(9)5(11)6(12)4(10)2-8/h2-3,5,16-17,19H,1H2,(H2,20,21,22)(H2,23,24,25)(H3,11,13,14,18);1,3-6,8-12H,2H2/t3-,5-,9+,10+;/m1./s1. The molecule has 2 aromatic rings. The molecule has 8 atom stereocenters. The minimum Gasteiger partial charge on any atom is -0.394 e. The minimum absolute atomic E-state index is 0.0258. The van der Waals surface area contributed by atoms with Crippen LogP contribution in [0.2, 0.25) is 0 Å². The van der Waals surface area contributed by atoms with Crippen LogP contribution >= 0.6 is 15.2 Å². The maximum Gasteiger partial charge on any atom is 0.382 e. The predicted molar refractivity (Wildman–Crippen MR) is 125 cm³/mol. The van der Waals surface area contributed by atoms with Gasteiger partial charge in [0, 0.05) is 0 Å². The van der Waals surface area contributed by atoms with Crippen molar-refractivity contribution >= 4 is 38.6 Å². The fourth-order valence-corrected chi connectivity index (χ4v) is 6.83. The Balaban J connectivity index is 0.000000395. The Labute approximate surface area is 220 Å². The van der Waals surface area contributed by atoms with Gasteiger partial charge in [0.15, 0.2) is 17.5 Å². The van der Waals surface area contributed by atoms with Gasteiger partial charge >= 0.3 is 15.2 Å². The lowest BCUT2D eigenvalue weighted by molar-refractivity contribution is -0.136. The maximum absolute atomic E-state index is 12.4. The van der Waals surface area contributed by atoms with Gasteiger partial charge in [0.2, 0.25) is 5.95 Å². The van der Waals surface area contributed by atoms with Crippen LogP contribution in [0, 0.1) is 0 Å². The van der Waals surface area contributed by atoms with Crippen molar-refractivity contribution in [2.45, 2.75) is 47.4 Å². The van der Waals surface area contributed by atoms with Gasteiger partial charge in [0.05, 0.1) is 13.2 Å². The van der Waals surface area contributed by atoms with E-state index in [4.69, 9.17) is 36.0 Å². The number of hydrogen-bond acceptors (Lipinski definition) is 16. The normalized spacial score (nSPS) is 28.4. The summed E-state index contributed by atoms with van der Waals surface area (Å²) in [5.74, 6) is -0.558. The largest absolute Gasteiger partial charge is 0.394 e. The van der Waals surface area contributed by atoms with E-state index >= 15 is 0 Å². The number of rotatable bonds is 9. The van der Waals surface area contributed by atoms with E-state index in [1.807, 2.05) is 4.98 Å². The molecule has 0 saturated carbocycles. The number of aldehydes is 1. The molecule has 15 N–H and O–H groups in total. The first kappa shape index (κ1) is 34.0. The van der Waals surface area contributed by atoms with Crippen molar-refractivity contribution in [1.29, 1.82) is 0 Å². The molecule has 2 aromatic heterocycles. The number of H-pyrrole nitrogens is 1. The summed E-state index contributed by atoms with van der Waals surface area (Å²) in [6, 6.07) is 0. The Kier molecular flexibility index (Phi) is 10.1. The predicted octanol–water partition coefficient (Wildman–Crippen LogP) is -7.27. The number of nitrogens with zero attached hydrogens (tertiary/aromatic N) is 3. The number of aliphatic hydroxyl groups excluding tert-OH is 7. The van der Waals surface area contributed by atoms with Crippen LogP contribution in [0.25, 0.3) is 11.2 Å². The molecule has 3 rings (SSSR count). The highest BCUT2D eigenvalue weighted by molar-refractivity contribution is 7.58. The molecule has 3 heterocycles. The van der Waals surface area contributed by atoms with E-state index in [0.29, 0.717) is 6.33 Å². The third kappa shape index (κ3) is 5.48. The van der Waals surface area contributed by atoms with Crippen LogP contribution in [0.4, 0.5) is 5.95 Å². The molecule has 0 radical (unpaired) electrons. The number of nitrogens with two attached hydrogens (primary N) is 1. The van der Waals surface area contributed by atoms with Crippen LogP contribution in [0.15, 0.2) is 11.1 Å². The quantitative estimate of drug-likeness (QED) is 0.0910. The fraction of sp³-hybridized carbons (Fsp3) is 0.625. The Bertz CT molecular complexity index is 1360. The van der Waals surface area contributed by atoms with Crippen molar-refractivity contribution in [2.24, 2.45) is 0 Å². The summed E-state index contributed by atoms with van der Waals surface area (Å²) in [7, 11) is -12.0. The fourth-order valence-electron chi connectivity index (χ4n) is 3.74. The van der Waals surface area contributed by atoms with Crippen molar-refractivity contribution in [3.05, 3.63) is 16.7 Å². The van der Waals surface area contributed by atoms with Gasteiger partial charge < -0.3 is 75.7 Å². The molecule has 1 aliphatic rings. The van der Waals surface area contributed by atoms with E-state index < -0.39 is 98.5 Å². The first-order valence-corrected chi connectivity index (χ1v) is 13.8. The number of carbonyl (C=O) groups is 1. The summed E-state index contributed by atoms with van der Waals surface area (Å²) in [4.78, 5) is 70.3. The molecule has 0 aliphatic carbocycles. The van der Waals surface area contributed by atoms with Crippen molar-refractivity contribution in [3.8, 4) is 0 Å². The number of carbonyl (C=O) groups excluding carboxylic acids is 1. The van der Waals surface area contributed by atoms with Crippen LogP contribution in [-0.4, -0.2) is 141 Å². The van der Waals surface area contributed by atoms with Gasteiger partial charge in [-0.05, 0) is 0 Å². The topological polar surface area (TPSA) is 393 Å². The zero-order valence-corrected chi connectivity index (χ0v) is 21.5. The number of imidazole rings is 1. The highest BCUT2D eigenvalue weighted by Gasteiger charge is 2.81. The number of hydrogen-bond donors (Lipinski definition) is 14. The lowest BCUT2D eigenvalue weighted by atomic mass is 10.0. The molecule has 228 valence electrons. The second kappa shape index (κ2) is 11.9. The minimum atomic E-state index is -6.01. The Hall–Kier alpha value is -2.24. The van der Waals surface area contributed by atoms with Crippen LogP contribution in [0.3, 0.4) is 0 Å². The third-order valence-corrected chi connectivity index (χ3v) is 8.83. The SMILES string of the molecule is Nc1nc2c(ncn2[C@]2(P(=O)(O)O)O[C@H](CO)[C@@H](O)[C@]2(O)P(=O)(O)O)c(=O)[nH]1.O=CC(O)C(O)C(O)C(O)CO. The molecule has 0 aromatic carbocycles. The van der Waals surface area contributed by atoms with Gasteiger partial charge in [-0.25, -0.2) is 4.98 Å². The number of nitrogens with one attached hydrogen (secondary N) is 1. The smallest absolute Gasteiger partial charge is 0.382 e. The maximum atomic E-state index is 12.4. The summed E-state index contributed by atoms with van der Waals surface area (Å²) in [5, 5.41) is 69.9. The average Bonchev–Trinajstić information content (AvgIpc) is 3.39. The van der Waals surface area contributed by atoms with Gasteiger partial charge in [-0.1, -0.05) is 0 Å². The van der Waals surface area contributed by atoms with Crippen molar-refractivity contribution < 1.29 is 79.1 Å². The lowest BCUT2D eigenvalue weighted by Crippen LogP contribution is -2.57. The van der Waals surface area contributed by atoms with E-state index in [1.54, 1.807) is 0 Å². The van der Waals surface area contributed by atoms with E-state index in [0.717, 1.165) is 0 Å². The van der Waals surface area contributed by atoms with E-state index in [2.05, 4.69) is 9.97 Å². The third-order valence-electron chi connectivity index (χ3n) is 5.75. The Morgan fingerprint density at radius 2 is 1.70 bits per heavy atom. The number of fused-ring (bicyclic) bond motifs is 1. The van der Waals surface area contributed by atoms with Gasteiger partial charge in [-0.2, -0.15) is 4.98 Å². The first-order valence-electron chi connectivity index (χ1n) is 10.6. The summed E-state index contributed by atoms with van der Waals surface area (Å²) in [6.45, 7) is -1.95.